The maximum Gasteiger partial charge on any atom is 0.315 e. The molecule has 1 unspecified atom stereocenters. The fraction of sp³-hybridized carbons (Fsp3) is 0.909. The van der Waals surface area contributed by atoms with Crippen LogP contribution in [-0.2, 0) is 0 Å². The van der Waals surface area contributed by atoms with Crippen LogP contribution in [0.15, 0.2) is 0 Å². The minimum atomic E-state index is -0.339. The first-order valence-corrected chi connectivity index (χ1v) is 5.63. The van der Waals surface area contributed by atoms with Crippen molar-refractivity contribution in [2.45, 2.75) is 39.3 Å². The highest BCUT2D eigenvalue weighted by Crippen LogP contribution is 1.97. The molecule has 0 rings (SSSR count). The molecule has 3 N–H and O–H groups in total. The van der Waals surface area contributed by atoms with Crippen molar-refractivity contribution in [3.05, 3.63) is 0 Å². The third-order valence-electron chi connectivity index (χ3n) is 1.84. The van der Waals surface area contributed by atoms with Crippen LogP contribution >= 0.6 is 0 Å². The van der Waals surface area contributed by atoms with Crippen molar-refractivity contribution in [2.75, 3.05) is 26.7 Å². The van der Waals surface area contributed by atoms with Crippen LogP contribution in [-0.4, -0.2) is 54.4 Å². The summed E-state index contributed by atoms with van der Waals surface area (Å²) >= 11 is 0. The van der Waals surface area contributed by atoms with E-state index in [0.29, 0.717) is 13.1 Å². The Labute approximate surface area is 98.2 Å². The van der Waals surface area contributed by atoms with E-state index in [2.05, 4.69) is 10.6 Å². The number of carbonyl (C=O) groups excluding carboxylic acids is 1. The minimum absolute atomic E-state index is 0.155. The summed E-state index contributed by atoms with van der Waals surface area (Å²) in [4.78, 5) is 13.3. The molecule has 0 aliphatic carbocycles. The Kier molecular flexibility index (Phi) is 6.36. The molecule has 0 aromatic carbocycles. The lowest BCUT2D eigenvalue weighted by molar-refractivity contribution is 0.142. The van der Waals surface area contributed by atoms with Crippen LogP contribution in [0.4, 0.5) is 4.79 Å². The first-order valence-electron chi connectivity index (χ1n) is 5.63. The Hall–Kier alpha value is -0.810. The Balaban J connectivity index is 3.62. The van der Waals surface area contributed by atoms with Crippen LogP contribution in [0.25, 0.3) is 0 Å². The van der Waals surface area contributed by atoms with Crippen molar-refractivity contribution in [1.82, 2.24) is 15.5 Å². The molecule has 0 heterocycles. The second kappa shape index (κ2) is 6.70. The molecule has 0 saturated carbocycles. The molecule has 0 aliphatic heterocycles. The van der Waals surface area contributed by atoms with E-state index in [1.165, 1.54) is 0 Å². The monoisotopic (exact) mass is 231 g/mol. The predicted molar refractivity (Wildman–Crippen MR) is 65.5 cm³/mol. The standard InChI is InChI=1S/C11H25N3O2/c1-9(15)8-14(5)7-6-12-10(16)13-11(2,3)4/h9,15H,6-8H2,1-5H3,(H2,12,13,16). The average molecular weight is 231 g/mol. The van der Waals surface area contributed by atoms with Gasteiger partial charge in [0.25, 0.3) is 0 Å². The molecule has 0 aliphatic rings. The number of aliphatic hydroxyl groups is 1. The Morgan fingerprint density at radius 1 is 1.44 bits per heavy atom. The molecule has 16 heavy (non-hydrogen) atoms. The van der Waals surface area contributed by atoms with Crippen LogP contribution in [0.3, 0.4) is 0 Å². The molecular weight excluding hydrogens is 206 g/mol. The summed E-state index contributed by atoms with van der Waals surface area (Å²) in [6, 6.07) is -0.155. The zero-order valence-electron chi connectivity index (χ0n) is 11.0. The summed E-state index contributed by atoms with van der Waals surface area (Å²) in [5.74, 6) is 0. The van der Waals surface area contributed by atoms with Gasteiger partial charge in [-0.3, -0.25) is 0 Å². The van der Waals surface area contributed by atoms with Crippen molar-refractivity contribution < 1.29 is 9.90 Å². The van der Waals surface area contributed by atoms with E-state index in [9.17, 15) is 4.79 Å². The fourth-order valence-corrected chi connectivity index (χ4v) is 1.29. The summed E-state index contributed by atoms with van der Waals surface area (Å²) in [6.07, 6.45) is -0.339. The van der Waals surface area contributed by atoms with Crippen LogP contribution < -0.4 is 10.6 Å². The molecule has 0 fully saturated rings. The van der Waals surface area contributed by atoms with Gasteiger partial charge in [-0.1, -0.05) is 0 Å². The maximum atomic E-state index is 11.4. The second-order valence-corrected chi connectivity index (χ2v) is 5.24. The van der Waals surface area contributed by atoms with E-state index >= 15 is 0 Å². The lowest BCUT2D eigenvalue weighted by Gasteiger charge is -2.22. The maximum absolute atomic E-state index is 11.4. The smallest absolute Gasteiger partial charge is 0.315 e. The highest BCUT2D eigenvalue weighted by molar-refractivity contribution is 5.74. The summed E-state index contributed by atoms with van der Waals surface area (Å²) in [7, 11) is 1.91. The van der Waals surface area contributed by atoms with Gasteiger partial charge in [-0.15, -0.1) is 0 Å². The number of aliphatic hydroxyl groups excluding tert-OH is 1. The van der Waals surface area contributed by atoms with Crippen molar-refractivity contribution in [2.24, 2.45) is 0 Å². The van der Waals surface area contributed by atoms with E-state index in [4.69, 9.17) is 5.11 Å². The Morgan fingerprint density at radius 2 is 2.00 bits per heavy atom. The SMILES string of the molecule is CC(O)CN(C)CCNC(=O)NC(C)(C)C. The molecule has 0 bridgehead atoms. The summed E-state index contributed by atoms with van der Waals surface area (Å²) in [6.45, 7) is 9.47. The van der Waals surface area contributed by atoms with Crippen LogP contribution in [0.2, 0.25) is 0 Å². The van der Waals surface area contributed by atoms with E-state index < -0.39 is 0 Å². The highest BCUT2D eigenvalue weighted by atomic mass is 16.3. The fourth-order valence-electron chi connectivity index (χ4n) is 1.29. The average Bonchev–Trinajstić information content (AvgIpc) is 1.98. The van der Waals surface area contributed by atoms with Crippen molar-refractivity contribution >= 4 is 6.03 Å². The second-order valence-electron chi connectivity index (χ2n) is 5.24. The molecule has 1 atom stereocenters. The first-order chi connectivity index (χ1) is 7.20. The summed E-state index contributed by atoms with van der Waals surface area (Å²) < 4.78 is 0. The van der Waals surface area contributed by atoms with Gasteiger partial charge >= 0.3 is 6.03 Å². The minimum Gasteiger partial charge on any atom is -0.392 e. The number of hydrogen-bond acceptors (Lipinski definition) is 3. The number of amides is 2. The number of nitrogens with one attached hydrogen (secondary N) is 2. The van der Waals surface area contributed by atoms with Crippen LogP contribution in [0, 0.1) is 0 Å². The van der Waals surface area contributed by atoms with Gasteiger partial charge in [-0.2, -0.15) is 0 Å². The number of nitrogens with zero attached hydrogens (tertiary/aromatic N) is 1. The molecule has 0 aromatic rings. The number of likely N-dealkylation sites (N-methyl/N-ethyl adjacent to an activating group) is 1. The van der Waals surface area contributed by atoms with Crippen molar-refractivity contribution in [3.63, 3.8) is 0 Å². The van der Waals surface area contributed by atoms with E-state index in [-0.39, 0.29) is 17.7 Å². The Morgan fingerprint density at radius 3 is 2.44 bits per heavy atom. The molecule has 96 valence electrons. The van der Waals surface area contributed by atoms with Gasteiger partial charge in [0.1, 0.15) is 0 Å². The predicted octanol–water partition coefficient (Wildman–Crippen LogP) is 0.397. The quantitative estimate of drug-likeness (QED) is 0.641. The number of hydrogen-bond donors (Lipinski definition) is 3. The largest absolute Gasteiger partial charge is 0.392 e. The van der Waals surface area contributed by atoms with Gasteiger partial charge in [0.05, 0.1) is 6.10 Å². The molecular formula is C11H25N3O2. The zero-order valence-corrected chi connectivity index (χ0v) is 11.0. The highest BCUT2D eigenvalue weighted by Gasteiger charge is 2.12. The lowest BCUT2D eigenvalue weighted by atomic mass is 10.1. The third kappa shape index (κ3) is 9.73. The van der Waals surface area contributed by atoms with Crippen LogP contribution in [0.5, 0.6) is 0 Å². The van der Waals surface area contributed by atoms with Gasteiger partial charge in [-0.25, -0.2) is 4.79 Å². The number of carbonyl (C=O) groups is 1. The van der Waals surface area contributed by atoms with E-state index in [0.717, 1.165) is 6.54 Å². The topological polar surface area (TPSA) is 64.6 Å². The third-order valence-corrected chi connectivity index (χ3v) is 1.84. The first kappa shape index (κ1) is 15.2. The normalized spacial score (nSPS) is 13.7. The lowest BCUT2D eigenvalue weighted by Crippen LogP contribution is -2.48. The summed E-state index contributed by atoms with van der Waals surface area (Å²) in [5, 5.41) is 14.7. The molecule has 0 spiro atoms. The van der Waals surface area contributed by atoms with E-state index in [1.54, 1.807) is 6.92 Å². The van der Waals surface area contributed by atoms with Gasteiger partial charge < -0.3 is 20.6 Å². The number of urea groups is 1. The molecule has 0 radical (unpaired) electrons. The molecule has 5 heteroatoms. The zero-order chi connectivity index (χ0) is 12.8. The van der Waals surface area contributed by atoms with Crippen molar-refractivity contribution in [1.29, 1.82) is 0 Å². The van der Waals surface area contributed by atoms with Gasteiger partial charge in [-0.05, 0) is 34.7 Å². The van der Waals surface area contributed by atoms with E-state index in [1.807, 2.05) is 32.7 Å². The number of rotatable bonds is 5. The molecule has 5 nitrogen and oxygen atoms in total. The molecule has 2 amide bonds. The molecule has 0 saturated heterocycles. The van der Waals surface area contributed by atoms with Gasteiger partial charge in [0.2, 0.25) is 0 Å². The van der Waals surface area contributed by atoms with Crippen LogP contribution in [0.1, 0.15) is 27.7 Å². The summed E-state index contributed by atoms with van der Waals surface area (Å²) in [5.41, 5.74) is -0.213. The van der Waals surface area contributed by atoms with Gasteiger partial charge in [0.15, 0.2) is 0 Å². The Bertz CT molecular complexity index is 212. The molecule has 0 aromatic heterocycles. The van der Waals surface area contributed by atoms with Crippen molar-refractivity contribution in [3.8, 4) is 0 Å². The van der Waals surface area contributed by atoms with Gasteiger partial charge in [0, 0.05) is 25.2 Å².